The summed E-state index contributed by atoms with van der Waals surface area (Å²) in [5.41, 5.74) is 1.46. The smallest absolute Gasteiger partial charge is 0.215 e. The van der Waals surface area contributed by atoms with E-state index in [-0.39, 0.29) is 16.9 Å². The summed E-state index contributed by atoms with van der Waals surface area (Å²) in [6, 6.07) is 10.7. The minimum Gasteiger partial charge on any atom is -0.393 e. The number of carbonyl (C=O) groups is 1. The monoisotopic (exact) mass is 403 g/mol. The number of aromatic nitrogens is 2. The lowest BCUT2D eigenvalue weighted by molar-refractivity contribution is 0.0779. The van der Waals surface area contributed by atoms with E-state index in [1.165, 1.54) is 0 Å². The molecule has 1 fully saturated rings. The highest BCUT2D eigenvalue weighted by molar-refractivity contribution is 6.44. The molecule has 0 saturated carbocycles. The Bertz CT molecular complexity index is 994. The highest BCUT2D eigenvalue weighted by atomic mass is 35.5. The summed E-state index contributed by atoms with van der Waals surface area (Å²) in [5.74, 6) is 0.551. The molecule has 3 aromatic rings. The van der Waals surface area contributed by atoms with Gasteiger partial charge in [0.05, 0.1) is 28.2 Å². The van der Waals surface area contributed by atoms with Gasteiger partial charge in [-0.1, -0.05) is 35.3 Å². The number of hydrogen-bond donors (Lipinski definition) is 1. The highest BCUT2D eigenvalue weighted by Crippen LogP contribution is 2.28. The normalized spacial score (nSPS) is 16.1. The first-order chi connectivity index (χ1) is 13.0. The molecule has 27 heavy (non-hydrogen) atoms. The molecular formula is C20H19Cl2N3O2. The van der Waals surface area contributed by atoms with E-state index in [4.69, 9.17) is 23.2 Å². The number of fused-ring (bicyclic) bond motifs is 1. The standard InChI is InChI=1S/C20H19Cl2N3O2/c21-15-5-3-4-14(18(15)22)20(27)19-16-6-1-2-9-25(16)17(23-19)12-24-10-7-13(26)8-11-24/h1-6,9,13,26H,7-8,10-12H2. The fourth-order valence-corrected chi connectivity index (χ4v) is 3.85. The second-order valence-electron chi connectivity index (χ2n) is 6.77. The Morgan fingerprint density at radius 3 is 2.70 bits per heavy atom. The van der Waals surface area contributed by atoms with Crippen molar-refractivity contribution in [3.8, 4) is 0 Å². The number of nitrogens with zero attached hydrogens (tertiary/aromatic N) is 3. The van der Waals surface area contributed by atoms with Crippen molar-refractivity contribution in [2.45, 2.75) is 25.5 Å². The maximum Gasteiger partial charge on any atom is 0.215 e. The minimum atomic E-state index is -0.244. The summed E-state index contributed by atoms with van der Waals surface area (Å²) in [6.45, 7) is 2.24. The maximum atomic E-state index is 13.1. The number of rotatable bonds is 4. The van der Waals surface area contributed by atoms with Gasteiger partial charge in [-0.2, -0.15) is 0 Å². The summed E-state index contributed by atoms with van der Waals surface area (Å²) >= 11 is 12.3. The third-order valence-corrected chi connectivity index (χ3v) is 5.77. The van der Waals surface area contributed by atoms with Crippen LogP contribution in [0.2, 0.25) is 10.0 Å². The predicted molar refractivity (Wildman–Crippen MR) is 106 cm³/mol. The molecule has 0 amide bonds. The van der Waals surface area contributed by atoms with E-state index in [1.54, 1.807) is 18.2 Å². The first-order valence-corrected chi connectivity index (χ1v) is 9.65. The van der Waals surface area contributed by atoms with E-state index >= 15 is 0 Å². The van der Waals surface area contributed by atoms with E-state index in [1.807, 2.05) is 28.8 Å². The fourth-order valence-electron chi connectivity index (χ4n) is 3.46. The fraction of sp³-hybridized carbons (Fsp3) is 0.300. The average Bonchev–Trinajstić information content (AvgIpc) is 3.04. The van der Waals surface area contributed by atoms with Crippen molar-refractivity contribution in [2.75, 3.05) is 13.1 Å². The molecule has 0 spiro atoms. The van der Waals surface area contributed by atoms with Crippen LogP contribution in [0.3, 0.4) is 0 Å². The van der Waals surface area contributed by atoms with Crippen molar-refractivity contribution in [1.29, 1.82) is 0 Å². The van der Waals surface area contributed by atoms with Crippen molar-refractivity contribution in [1.82, 2.24) is 14.3 Å². The van der Waals surface area contributed by atoms with Crippen molar-refractivity contribution < 1.29 is 9.90 Å². The van der Waals surface area contributed by atoms with Crippen LogP contribution in [0.5, 0.6) is 0 Å². The summed E-state index contributed by atoms with van der Waals surface area (Å²) < 4.78 is 1.94. The number of carbonyl (C=O) groups excluding carboxylic acids is 1. The van der Waals surface area contributed by atoms with Gasteiger partial charge < -0.3 is 9.51 Å². The van der Waals surface area contributed by atoms with Gasteiger partial charge in [-0.25, -0.2) is 4.98 Å². The molecule has 1 N–H and O–H groups in total. The lowest BCUT2D eigenvalue weighted by atomic mass is 10.1. The zero-order valence-electron chi connectivity index (χ0n) is 14.6. The van der Waals surface area contributed by atoms with E-state index in [9.17, 15) is 9.90 Å². The predicted octanol–water partition coefficient (Wildman–Crippen LogP) is 3.83. The van der Waals surface area contributed by atoms with Gasteiger partial charge in [0.15, 0.2) is 0 Å². The van der Waals surface area contributed by atoms with Gasteiger partial charge in [0, 0.05) is 24.8 Å². The van der Waals surface area contributed by atoms with Crippen LogP contribution in [-0.4, -0.2) is 44.4 Å². The van der Waals surface area contributed by atoms with Gasteiger partial charge in [0.1, 0.15) is 11.5 Å². The minimum absolute atomic E-state index is 0.222. The summed E-state index contributed by atoms with van der Waals surface area (Å²) in [7, 11) is 0. The summed E-state index contributed by atoms with van der Waals surface area (Å²) in [6.07, 6.45) is 3.20. The van der Waals surface area contributed by atoms with Crippen LogP contribution < -0.4 is 0 Å². The third-order valence-electron chi connectivity index (χ3n) is 4.95. The van der Waals surface area contributed by atoms with Crippen molar-refractivity contribution >= 4 is 34.5 Å². The molecule has 2 aromatic heterocycles. The number of ketones is 1. The molecule has 0 unspecified atom stereocenters. The summed E-state index contributed by atoms with van der Waals surface area (Å²) in [4.78, 5) is 20.0. The molecule has 140 valence electrons. The van der Waals surface area contributed by atoms with Gasteiger partial charge in [-0.3, -0.25) is 9.69 Å². The van der Waals surface area contributed by atoms with E-state index < -0.39 is 0 Å². The molecule has 4 rings (SSSR count). The molecule has 0 radical (unpaired) electrons. The molecule has 1 saturated heterocycles. The average molecular weight is 404 g/mol. The lowest BCUT2D eigenvalue weighted by Crippen LogP contribution is -2.35. The molecule has 0 bridgehead atoms. The number of imidazole rings is 1. The SMILES string of the molecule is O=C(c1cccc(Cl)c1Cl)c1nc(CN2CCC(O)CC2)n2ccccc12. The first kappa shape index (κ1) is 18.4. The summed E-state index contributed by atoms with van der Waals surface area (Å²) in [5, 5.41) is 10.3. The number of likely N-dealkylation sites (tertiary alicyclic amines) is 1. The third kappa shape index (κ3) is 3.60. The van der Waals surface area contributed by atoms with Gasteiger partial charge in [-0.05, 0) is 37.1 Å². The molecule has 0 atom stereocenters. The Hall–Kier alpha value is -1.92. The second-order valence-corrected chi connectivity index (χ2v) is 7.56. The maximum absolute atomic E-state index is 13.1. The molecule has 5 nitrogen and oxygen atoms in total. The van der Waals surface area contributed by atoms with Crippen molar-refractivity contribution in [3.05, 3.63) is 69.7 Å². The van der Waals surface area contributed by atoms with E-state index in [0.29, 0.717) is 22.8 Å². The van der Waals surface area contributed by atoms with Crippen LogP contribution in [0.1, 0.15) is 34.7 Å². The van der Waals surface area contributed by atoms with Crippen LogP contribution in [-0.2, 0) is 6.54 Å². The van der Waals surface area contributed by atoms with Gasteiger partial charge in [0.2, 0.25) is 5.78 Å². The largest absolute Gasteiger partial charge is 0.393 e. The van der Waals surface area contributed by atoms with Gasteiger partial charge in [0.25, 0.3) is 0 Å². The Balaban J connectivity index is 1.71. The molecule has 7 heteroatoms. The van der Waals surface area contributed by atoms with Crippen molar-refractivity contribution in [3.63, 3.8) is 0 Å². The number of halogens is 2. The topological polar surface area (TPSA) is 57.8 Å². The van der Waals surface area contributed by atoms with E-state index in [2.05, 4.69) is 9.88 Å². The van der Waals surface area contributed by atoms with Crippen LogP contribution in [0.15, 0.2) is 42.6 Å². The zero-order valence-corrected chi connectivity index (χ0v) is 16.1. The van der Waals surface area contributed by atoms with Crippen LogP contribution >= 0.6 is 23.2 Å². The number of piperidine rings is 1. The lowest BCUT2D eigenvalue weighted by Gasteiger charge is -2.28. The number of benzene rings is 1. The van der Waals surface area contributed by atoms with E-state index in [0.717, 1.165) is 37.3 Å². The molecule has 1 aliphatic heterocycles. The second kappa shape index (κ2) is 7.60. The molecule has 3 heterocycles. The molecular weight excluding hydrogens is 385 g/mol. The Morgan fingerprint density at radius 1 is 1.15 bits per heavy atom. The Morgan fingerprint density at radius 2 is 1.93 bits per heavy atom. The molecule has 1 aliphatic rings. The first-order valence-electron chi connectivity index (χ1n) is 8.89. The van der Waals surface area contributed by atoms with Gasteiger partial charge >= 0.3 is 0 Å². The quantitative estimate of drug-likeness (QED) is 0.672. The molecule has 0 aliphatic carbocycles. The molecule has 1 aromatic carbocycles. The van der Waals surface area contributed by atoms with Crippen molar-refractivity contribution in [2.24, 2.45) is 0 Å². The number of hydrogen-bond acceptors (Lipinski definition) is 4. The highest BCUT2D eigenvalue weighted by Gasteiger charge is 2.24. The van der Waals surface area contributed by atoms with Crippen LogP contribution in [0.25, 0.3) is 5.52 Å². The number of aliphatic hydroxyl groups is 1. The van der Waals surface area contributed by atoms with Crippen LogP contribution in [0.4, 0.5) is 0 Å². The van der Waals surface area contributed by atoms with Crippen LogP contribution in [0, 0.1) is 0 Å². The zero-order chi connectivity index (χ0) is 19.0. The van der Waals surface area contributed by atoms with Gasteiger partial charge in [-0.15, -0.1) is 0 Å². The number of aliphatic hydroxyl groups excluding tert-OH is 1. The Labute approximate surface area is 167 Å². The number of pyridine rings is 1. The Kier molecular flexibility index (Phi) is 5.19.